The summed E-state index contributed by atoms with van der Waals surface area (Å²) in [6, 6.07) is 8.40. The number of ketones is 1. The highest BCUT2D eigenvalue weighted by Gasteiger charge is 2.52. The molecule has 186 valence electrons. The monoisotopic (exact) mass is 477 g/mol. The number of benzene rings is 1. The number of aryl methyl sites for hydroxylation is 1. The average Bonchev–Trinajstić information content (AvgIpc) is 3.43. The molecular weight excluding hydrogens is 442 g/mol. The molecule has 7 heteroatoms. The second kappa shape index (κ2) is 9.29. The van der Waals surface area contributed by atoms with E-state index in [4.69, 9.17) is 4.74 Å². The van der Waals surface area contributed by atoms with E-state index in [1.165, 1.54) is 0 Å². The molecule has 1 N–H and O–H groups in total. The highest BCUT2D eigenvalue weighted by atomic mass is 16.5. The third-order valence-electron chi connectivity index (χ3n) is 8.91. The zero-order valence-corrected chi connectivity index (χ0v) is 20.6. The van der Waals surface area contributed by atoms with E-state index in [0.717, 1.165) is 50.5 Å². The Morgan fingerprint density at radius 1 is 1.17 bits per heavy atom. The zero-order valence-electron chi connectivity index (χ0n) is 20.6. The number of carbonyl (C=O) groups is 3. The molecule has 1 aromatic carbocycles. The highest BCUT2D eigenvalue weighted by Crippen LogP contribution is 2.56. The van der Waals surface area contributed by atoms with Crippen molar-refractivity contribution in [3.8, 4) is 11.8 Å². The second-order valence-corrected chi connectivity index (χ2v) is 11.5. The summed E-state index contributed by atoms with van der Waals surface area (Å²) in [6.45, 7) is 2.42. The van der Waals surface area contributed by atoms with Crippen molar-refractivity contribution < 1.29 is 19.1 Å². The van der Waals surface area contributed by atoms with E-state index in [9.17, 15) is 19.6 Å². The molecule has 1 aliphatic heterocycles. The number of nitriles is 1. The van der Waals surface area contributed by atoms with E-state index >= 15 is 0 Å². The van der Waals surface area contributed by atoms with Gasteiger partial charge in [0.15, 0.2) is 6.61 Å². The summed E-state index contributed by atoms with van der Waals surface area (Å²) >= 11 is 0. The van der Waals surface area contributed by atoms with Gasteiger partial charge in [0, 0.05) is 18.9 Å². The van der Waals surface area contributed by atoms with Crippen LogP contribution in [0.25, 0.3) is 0 Å². The molecule has 35 heavy (non-hydrogen) atoms. The van der Waals surface area contributed by atoms with Gasteiger partial charge in [0.1, 0.15) is 23.6 Å². The first-order valence-electron chi connectivity index (χ1n) is 13.0. The summed E-state index contributed by atoms with van der Waals surface area (Å²) in [7, 11) is 0. The van der Waals surface area contributed by atoms with Crippen molar-refractivity contribution in [3.63, 3.8) is 0 Å². The van der Waals surface area contributed by atoms with Crippen molar-refractivity contribution in [2.24, 2.45) is 16.7 Å². The number of ether oxygens (including phenoxy) is 1. The lowest BCUT2D eigenvalue weighted by Crippen LogP contribution is -2.50. The topological polar surface area (TPSA) is 99.5 Å². The van der Waals surface area contributed by atoms with Crippen LogP contribution in [-0.2, 0) is 14.4 Å². The number of amides is 2. The molecule has 2 spiro atoms. The van der Waals surface area contributed by atoms with E-state index in [-0.39, 0.29) is 41.0 Å². The van der Waals surface area contributed by atoms with Gasteiger partial charge in [-0.15, -0.1) is 0 Å². The van der Waals surface area contributed by atoms with Crippen LogP contribution in [0.1, 0.15) is 69.8 Å². The zero-order chi connectivity index (χ0) is 24.6. The summed E-state index contributed by atoms with van der Waals surface area (Å²) in [6.07, 6.45) is 8.89. The van der Waals surface area contributed by atoms with Crippen molar-refractivity contribution in [2.75, 3.05) is 13.2 Å². The maximum atomic E-state index is 13.3. The Hall–Kier alpha value is -2.88. The Bertz CT molecular complexity index is 1040. The minimum absolute atomic E-state index is 0.00157. The third kappa shape index (κ3) is 5.07. The molecule has 0 radical (unpaired) electrons. The van der Waals surface area contributed by atoms with E-state index in [0.29, 0.717) is 31.6 Å². The molecule has 1 unspecified atom stereocenters. The highest BCUT2D eigenvalue weighted by molar-refractivity contribution is 5.89. The van der Waals surface area contributed by atoms with Crippen LogP contribution in [0.3, 0.4) is 0 Å². The SMILES string of the molecule is Cc1ccc(OCC(=O)N2CC3(CCC3)CC2C(=O)N[C@H](C#N)C[C@@H]2CCC3(CC3)CC2=O)cc1. The number of Topliss-reactive ketones (excluding diaryl/α,β-unsaturated/α-hetero) is 1. The van der Waals surface area contributed by atoms with Gasteiger partial charge in [-0.25, -0.2) is 0 Å². The van der Waals surface area contributed by atoms with Gasteiger partial charge in [-0.05, 0) is 81.3 Å². The quantitative estimate of drug-likeness (QED) is 0.646. The van der Waals surface area contributed by atoms with Crippen LogP contribution < -0.4 is 10.1 Å². The smallest absolute Gasteiger partial charge is 0.261 e. The molecule has 3 aliphatic carbocycles. The summed E-state index contributed by atoms with van der Waals surface area (Å²) in [5, 5.41) is 12.6. The molecule has 7 nitrogen and oxygen atoms in total. The van der Waals surface area contributed by atoms with Crippen LogP contribution in [-0.4, -0.2) is 47.7 Å². The van der Waals surface area contributed by atoms with Gasteiger partial charge in [-0.3, -0.25) is 14.4 Å². The Morgan fingerprint density at radius 2 is 1.91 bits per heavy atom. The first kappa shape index (κ1) is 23.8. The fraction of sp³-hybridized carbons (Fsp3) is 0.643. The lowest BCUT2D eigenvalue weighted by molar-refractivity contribution is -0.140. The predicted octanol–water partition coefficient (Wildman–Crippen LogP) is 3.69. The molecule has 4 fully saturated rings. The van der Waals surface area contributed by atoms with Crippen molar-refractivity contribution in [1.82, 2.24) is 10.2 Å². The molecule has 2 amide bonds. The summed E-state index contributed by atoms with van der Waals surface area (Å²) in [5.74, 6) is 0.208. The maximum absolute atomic E-state index is 13.3. The first-order valence-corrected chi connectivity index (χ1v) is 13.0. The van der Waals surface area contributed by atoms with Crippen LogP contribution >= 0.6 is 0 Å². The van der Waals surface area contributed by atoms with E-state index in [2.05, 4.69) is 11.4 Å². The summed E-state index contributed by atoms with van der Waals surface area (Å²) in [5.41, 5.74) is 1.36. The van der Waals surface area contributed by atoms with Crippen LogP contribution in [0.15, 0.2) is 24.3 Å². The van der Waals surface area contributed by atoms with Gasteiger partial charge < -0.3 is 15.0 Å². The number of rotatable bonds is 7. The van der Waals surface area contributed by atoms with Crippen molar-refractivity contribution in [3.05, 3.63) is 29.8 Å². The number of likely N-dealkylation sites (tertiary alicyclic amines) is 1. The largest absolute Gasteiger partial charge is 0.484 e. The summed E-state index contributed by atoms with van der Waals surface area (Å²) in [4.78, 5) is 40.7. The molecule has 1 aromatic rings. The molecule has 4 aliphatic rings. The Kier molecular flexibility index (Phi) is 6.33. The van der Waals surface area contributed by atoms with Gasteiger partial charge in [0.2, 0.25) is 5.91 Å². The lowest BCUT2D eigenvalue weighted by atomic mass is 9.67. The van der Waals surface area contributed by atoms with Crippen molar-refractivity contribution in [2.45, 2.75) is 83.2 Å². The normalized spacial score (nSPS) is 26.6. The number of hydrogen-bond acceptors (Lipinski definition) is 5. The lowest BCUT2D eigenvalue weighted by Gasteiger charge is -2.37. The van der Waals surface area contributed by atoms with Gasteiger partial charge in [-0.1, -0.05) is 24.1 Å². The predicted molar refractivity (Wildman–Crippen MR) is 129 cm³/mol. The molecule has 5 rings (SSSR count). The molecule has 3 atom stereocenters. The van der Waals surface area contributed by atoms with E-state index in [1.807, 2.05) is 31.2 Å². The minimum atomic E-state index is -0.719. The average molecular weight is 478 g/mol. The molecule has 0 aromatic heterocycles. The number of hydrogen-bond donors (Lipinski definition) is 1. The van der Waals surface area contributed by atoms with Gasteiger partial charge in [0.25, 0.3) is 5.91 Å². The summed E-state index contributed by atoms with van der Waals surface area (Å²) < 4.78 is 5.71. The molecular formula is C28H35N3O4. The van der Waals surface area contributed by atoms with E-state index < -0.39 is 12.1 Å². The van der Waals surface area contributed by atoms with Crippen molar-refractivity contribution >= 4 is 17.6 Å². The number of carbonyl (C=O) groups excluding carboxylic acids is 3. The van der Waals surface area contributed by atoms with Gasteiger partial charge in [-0.2, -0.15) is 5.26 Å². The molecule has 3 saturated carbocycles. The van der Waals surface area contributed by atoms with Crippen LogP contribution in [0.2, 0.25) is 0 Å². The van der Waals surface area contributed by atoms with Crippen molar-refractivity contribution in [1.29, 1.82) is 5.26 Å². The Labute approximate surface area is 207 Å². The fourth-order valence-corrected chi connectivity index (χ4v) is 6.25. The maximum Gasteiger partial charge on any atom is 0.261 e. The Morgan fingerprint density at radius 3 is 2.51 bits per heavy atom. The van der Waals surface area contributed by atoms with Gasteiger partial charge in [0.05, 0.1) is 6.07 Å². The number of nitrogens with zero attached hydrogens (tertiary/aromatic N) is 2. The first-order chi connectivity index (χ1) is 16.8. The third-order valence-corrected chi connectivity index (χ3v) is 8.91. The van der Waals surface area contributed by atoms with Crippen LogP contribution in [0, 0.1) is 35.0 Å². The molecule has 1 heterocycles. The van der Waals surface area contributed by atoms with Gasteiger partial charge >= 0.3 is 0 Å². The second-order valence-electron chi connectivity index (χ2n) is 11.5. The Balaban J connectivity index is 1.20. The number of nitrogens with one attached hydrogen (secondary N) is 1. The molecule has 0 bridgehead atoms. The van der Waals surface area contributed by atoms with Crippen LogP contribution in [0.4, 0.5) is 0 Å². The fourth-order valence-electron chi connectivity index (χ4n) is 6.25. The molecule has 1 saturated heterocycles. The minimum Gasteiger partial charge on any atom is -0.484 e. The van der Waals surface area contributed by atoms with Crippen LogP contribution in [0.5, 0.6) is 5.75 Å². The standard InChI is InChI=1S/C28H35N3O4/c1-19-3-5-22(6-4-19)35-17-25(33)31-18-28(8-2-9-28)14-23(31)26(34)30-21(16-29)13-20-7-10-27(11-12-27)15-24(20)32/h3-6,20-21,23H,2,7-15,17-18H2,1H3,(H,30,34)/t20-,21-,23?/m0/s1. The van der Waals surface area contributed by atoms with E-state index in [1.54, 1.807) is 4.90 Å².